The van der Waals surface area contributed by atoms with E-state index >= 15 is 0 Å². The minimum Gasteiger partial charge on any atom is -0.396 e. The van der Waals surface area contributed by atoms with Crippen LogP contribution in [0.4, 0.5) is 0 Å². The van der Waals surface area contributed by atoms with Crippen molar-refractivity contribution >= 4 is 0 Å². The summed E-state index contributed by atoms with van der Waals surface area (Å²) in [5.74, 6) is 0.0935. The lowest BCUT2D eigenvalue weighted by Gasteiger charge is -2.18. The van der Waals surface area contributed by atoms with E-state index in [9.17, 15) is 10.0 Å². The van der Waals surface area contributed by atoms with Crippen LogP contribution in [0.15, 0.2) is 52.4 Å². The van der Waals surface area contributed by atoms with E-state index in [-0.39, 0.29) is 12.5 Å². The highest BCUT2D eigenvalue weighted by Gasteiger charge is 2.15. The van der Waals surface area contributed by atoms with Crippen LogP contribution in [0.3, 0.4) is 0 Å². The Labute approximate surface area is 108 Å². The van der Waals surface area contributed by atoms with Gasteiger partial charge in [0.05, 0.1) is 6.61 Å². The summed E-state index contributed by atoms with van der Waals surface area (Å²) >= 11 is 0. The lowest BCUT2D eigenvalue weighted by Crippen LogP contribution is -2.10. The van der Waals surface area contributed by atoms with Gasteiger partial charge in [-0.3, -0.25) is 0 Å². The zero-order chi connectivity index (χ0) is 12.8. The first-order valence-electron chi connectivity index (χ1n) is 6.56. The second-order valence-corrected chi connectivity index (χ2v) is 4.84. The van der Waals surface area contributed by atoms with Gasteiger partial charge in [-0.05, 0) is 48.9 Å². The van der Waals surface area contributed by atoms with E-state index in [4.69, 9.17) is 0 Å². The van der Waals surface area contributed by atoms with Gasteiger partial charge in [-0.2, -0.15) is 0 Å². The minimum atomic E-state index is 0.0935. The SMILES string of the molecule is O=NC1=CC[C@H](CO)C(/C=C/C2=CCCCC2)=C1. The fourth-order valence-electron chi connectivity index (χ4n) is 2.39. The van der Waals surface area contributed by atoms with E-state index in [0.29, 0.717) is 12.1 Å². The van der Waals surface area contributed by atoms with Crippen molar-refractivity contribution in [2.45, 2.75) is 32.1 Å². The molecule has 1 N–H and O–H groups in total. The smallest absolute Gasteiger partial charge is 0.104 e. The molecule has 2 aliphatic rings. The van der Waals surface area contributed by atoms with E-state index < -0.39 is 0 Å². The Morgan fingerprint density at radius 1 is 1.33 bits per heavy atom. The molecule has 18 heavy (non-hydrogen) atoms. The Morgan fingerprint density at radius 2 is 2.22 bits per heavy atom. The normalized spacial score (nSPS) is 24.5. The summed E-state index contributed by atoms with van der Waals surface area (Å²) in [6, 6.07) is 0. The zero-order valence-electron chi connectivity index (χ0n) is 10.5. The summed E-state index contributed by atoms with van der Waals surface area (Å²) in [4.78, 5) is 10.5. The molecule has 1 atom stereocenters. The predicted molar refractivity (Wildman–Crippen MR) is 72.8 cm³/mol. The molecular weight excluding hydrogens is 226 g/mol. The number of hydrogen-bond acceptors (Lipinski definition) is 3. The van der Waals surface area contributed by atoms with Crippen molar-refractivity contribution in [3.8, 4) is 0 Å². The average Bonchev–Trinajstić information content (AvgIpc) is 2.45. The number of aliphatic hydroxyl groups excluding tert-OH is 1. The van der Waals surface area contributed by atoms with E-state index in [1.807, 2.05) is 6.08 Å². The Kier molecular flexibility index (Phi) is 4.65. The third-order valence-electron chi connectivity index (χ3n) is 3.54. The van der Waals surface area contributed by atoms with E-state index in [0.717, 1.165) is 18.4 Å². The van der Waals surface area contributed by atoms with Crippen molar-refractivity contribution in [1.29, 1.82) is 0 Å². The standard InChI is InChI=1S/C15H19NO2/c17-11-14-8-9-15(16-18)10-13(14)7-6-12-4-2-1-3-5-12/h4,6-7,9-10,14,17H,1-3,5,8,11H2/b7-6+/t14-/m1/s1. The van der Waals surface area contributed by atoms with Crippen molar-refractivity contribution in [3.63, 3.8) is 0 Å². The molecule has 0 fully saturated rings. The van der Waals surface area contributed by atoms with Crippen LogP contribution < -0.4 is 0 Å². The largest absolute Gasteiger partial charge is 0.396 e. The molecule has 96 valence electrons. The van der Waals surface area contributed by atoms with Gasteiger partial charge in [0.15, 0.2) is 0 Å². The minimum absolute atomic E-state index is 0.0935. The van der Waals surface area contributed by atoms with Crippen LogP contribution >= 0.6 is 0 Å². The zero-order valence-corrected chi connectivity index (χ0v) is 10.5. The molecule has 0 saturated carbocycles. The highest BCUT2D eigenvalue weighted by Crippen LogP contribution is 2.26. The van der Waals surface area contributed by atoms with Crippen LogP contribution in [-0.2, 0) is 0 Å². The molecule has 0 radical (unpaired) electrons. The molecule has 0 spiro atoms. The van der Waals surface area contributed by atoms with Gasteiger partial charge in [-0.1, -0.05) is 29.9 Å². The molecule has 0 saturated heterocycles. The summed E-state index contributed by atoms with van der Waals surface area (Å²) in [5.41, 5.74) is 2.83. The van der Waals surface area contributed by atoms with Gasteiger partial charge in [0.25, 0.3) is 0 Å². The highest BCUT2D eigenvalue weighted by atomic mass is 16.3. The summed E-state index contributed by atoms with van der Waals surface area (Å²) < 4.78 is 0. The molecule has 3 nitrogen and oxygen atoms in total. The molecule has 2 rings (SSSR count). The molecule has 0 aromatic rings. The summed E-state index contributed by atoms with van der Waals surface area (Å²) in [6.45, 7) is 0.109. The quantitative estimate of drug-likeness (QED) is 0.769. The number of hydrogen-bond donors (Lipinski definition) is 1. The molecule has 0 bridgehead atoms. The van der Waals surface area contributed by atoms with E-state index in [1.54, 1.807) is 12.2 Å². The molecule has 0 heterocycles. The Hall–Kier alpha value is -1.48. The highest BCUT2D eigenvalue weighted by molar-refractivity contribution is 5.38. The number of nitrogens with zero attached hydrogens (tertiary/aromatic N) is 1. The number of aliphatic hydroxyl groups is 1. The van der Waals surface area contributed by atoms with Crippen molar-refractivity contribution in [3.05, 3.63) is 52.1 Å². The fourth-order valence-corrected chi connectivity index (χ4v) is 2.39. The number of allylic oxidation sites excluding steroid dienone is 6. The van der Waals surface area contributed by atoms with Crippen LogP contribution in [0.2, 0.25) is 0 Å². The predicted octanol–water partition coefficient (Wildman–Crippen LogP) is 3.63. The molecule has 0 aromatic heterocycles. The summed E-state index contributed by atoms with van der Waals surface area (Å²) in [5, 5.41) is 12.3. The molecule has 0 aliphatic heterocycles. The van der Waals surface area contributed by atoms with Gasteiger partial charge in [0, 0.05) is 5.92 Å². The lowest BCUT2D eigenvalue weighted by atomic mass is 9.89. The second kappa shape index (κ2) is 6.45. The molecule has 0 aromatic carbocycles. The molecule has 3 heteroatoms. The maximum absolute atomic E-state index is 10.5. The third kappa shape index (κ3) is 3.26. The first-order chi connectivity index (χ1) is 8.83. The van der Waals surface area contributed by atoms with Crippen molar-refractivity contribution < 1.29 is 5.11 Å². The number of rotatable bonds is 4. The first kappa shape index (κ1) is 13.0. The van der Waals surface area contributed by atoms with Gasteiger partial charge >= 0.3 is 0 Å². The average molecular weight is 245 g/mol. The van der Waals surface area contributed by atoms with Gasteiger partial charge in [-0.25, -0.2) is 0 Å². The fraction of sp³-hybridized carbons (Fsp3) is 0.467. The Morgan fingerprint density at radius 3 is 2.89 bits per heavy atom. The number of nitroso groups, excluding NO2 is 1. The van der Waals surface area contributed by atoms with Crippen LogP contribution in [0, 0.1) is 10.8 Å². The van der Waals surface area contributed by atoms with Crippen molar-refractivity contribution in [2.24, 2.45) is 11.1 Å². The lowest BCUT2D eigenvalue weighted by molar-refractivity contribution is 0.248. The van der Waals surface area contributed by atoms with Gasteiger partial charge in [0.1, 0.15) is 5.70 Å². The molecule has 0 amide bonds. The topological polar surface area (TPSA) is 49.7 Å². The Bertz CT molecular complexity index is 430. The maximum atomic E-state index is 10.5. The summed E-state index contributed by atoms with van der Waals surface area (Å²) in [7, 11) is 0. The first-order valence-corrected chi connectivity index (χ1v) is 6.56. The van der Waals surface area contributed by atoms with Gasteiger partial charge in [0.2, 0.25) is 0 Å². The molecule has 2 aliphatic carbocycles. The summed E-state index contributed by atoms with van der Waals surface area (Å²) in [6.07, 6.45) is 15.5. The monoisotopic (exact) mass is 245 g/mol. The van der Waals surface area contributed by atoms with Gasteiger partial charge < -0.3 is 5.11 Å². The van der Waals surface area contributed by atoms with Crippen LogP contribution in [0.5, 0.6) is 0 Å². The van der Waals surface area contributed by atoms with E-state index in [1.165, 1.54) is 18.4 Å². The van der Waals surface area contributed by atoms with E-state index in [2.05, 4.69) is 17.3 Å². The Balaban J connectivity index is 2.11. The second-order valence-electron chi connectivity index (χ2n) is 4.84. The maximum Gasteiger partial charge on any atom is 0.104 e. The van der Waals surface area contributed by atoms with Crippen LogP contribution in [-0.4, -0.2) is 11.7 Å². The molecular formula is C15H19NO2. The van der Waals surface area contributed by atoms with Gasteiger partial charge in [-0.15, -0.1) is 4.91 Å². The van der Waals surface area contributed by atoms with Crippen molar-refractivity contribution in [2.75, 3.05) is 6.61 Å². The third-order valence-corrected chi connectivity index (χ3v) is 3.54. The van der Waals surface area contributed by atoms with Crippen molar-refractivity contribution in [1.82, 2.24) is 0 Å². The molecule has 0 unspecified atom stereocenters. The van der Waals surface area contributed by atoms with Crippen LogP contribution in [0.1, 0.15) is 32.1 Å². The van der Waals surface area contributed by atoms with Crippen LogP contribution in [0.25, 0.3) is 0 Å².